The molecule has 0 bridgehead atoms. The van der Waals surface area contributed by atoms with Crippen molar-refractivity contribution in [3.63, 3.8) is 0 Å². The predicted molar refractivity (Wildman–Crippen MR) is 105 cm³/mol. The van der Waals surface area contributed by atoms with Crippen LogP contribution in [0.5, 0.6) is 0 Å². The van der Waals surface area contributed by atoms with E-state index in [1.54, 1.807) is 18.2 Å². The summed E-state index contributed by atoms with van der Waals surface area (Å²) in [6.07, 6.45) is 0.409. The summed E-state index contributed by atoms with van der Waals surface area (Å²) in [5, 5.41) is 12.7. The van der Waals surface area contributed by atoms with Crippen molar-refractivity contribution >= 4 is 28.9 Å². The lowest BCUT2D eigenvalue weighted by atomic mass is 10.2. The number of amides is 1. The molecule has 0 aromatic heterocycles. The molecule has 0 saturated carbocycles. The van der Waals surface area contributed by atoms with Crippen LogP contribution in [0.1, 0.15) is 12.0 Å². The van der Waals surface area contributed by atoms with Gasteiger partial charge in [0.05, 0.1) is 22.0 Å². The second-order valence-electron chi connectivity index (χ2n) is 6.24. The highest BCUT2D eigenvalue weighted by molar-refractivity contribution is 6.33. The zero-order valence-electron chi connectivity index (χ0n) is 14.5. The normalized spacial score (nSPS) is 14.7. The first-order valence-electron chi connectivity index (χ1n) is 8.68. The fraction of sp³-hybridized carbons (Fsp3) is 0.300. The maximum Gasteiger partial charge on any atom is 0.225 e. The summed E-state index contributed by atoms with van der Waals surface area (Å²) in [6, 6.07) is 17.0. The van der Waals surface area contributed by atoms with Crippen molar-refractivity contribution in [1.29, 1.82) is 5.26 Å². The Morgan fingerprint density at radius 3 is 2.50 bits per heavy atom. The topological polar surface area (TPSA) is 59.4 Å². The average molecular weight is 369 g/mol. The van der Waals surface area contributed by atoms with E-state index in [0.717, 1.165) is 36.9 Å². The van der Waals surface area contributed by atoms with Crippen LogP contribution in [0.4, 0.5) is 11.4 Å². The fourth-order valence-corrected chi connectivity index (χ4v) is 3.34. The summed E-state index contributed by atoms with van der Waals surface area (Å²) in [4.78, 5) is 16.7. The van der Waals surface area contributed by atoms with E-state index in [1.165, 1.54) is 0 Å². The zero-order chi connectivity index (χ0) is 18.4. The summed E-state index contributed by atoms with van der Waals surface area (Å²) in [7, 11) is 0. The number of hydrogen-bond donors (Lipinski definition) is 1. The number of nitrogens with one attached hydrogen (secondary N) is 1. The maximum absolute atomic E-state index is 12.2. The number of benzene rings is 2. The molecule has 0 unspecified atom stereocenters. The Morgan fingerprint density at radius 2 is 1.77 bits per heavy atom. The van der Waals surface area contributed by atoms with E-state index in [0.29, 0.717) is 24.2 Å². The molecule has 1 aliphatic heterocycles. The van der Waals surface area contributed by atoms with E-state index in [1.807, 2.05) is 30.3 Å². The average Bonchev–Trinajstić information content (AvgIpc) is 2.68. The number of piperazine rings is 1. The number of para-hydroxylation sites is 2. The van der Waals surface area contributed by atoms with Gasteiger partial charge in [0.2, 0.25) is 5.91 Å². The summed E-state index contributed by atoms with van der Waals surface area (Å²) in [5.41, 5.74) is 2.12. The maximum atomic E-state index is 12.2. The van der Waals surface area contributed by atoms with E-state index in [9.17, 15) is 4.79 Å². The molecule has 0 spiro atoms. The van der Waals surface area contributed by atoms with E-state index in [2.05, 4.69) is 21.2 Å². The summed E-state index contributed by atoms with van der Waals surface area (Å²) >= 11 is 6.27. The fourth-order valence-electron chi connectivity index (χ4n) is 3.08. The van der Waals surface area contributed by atoms with Crippen LogP contribution in [-0.4, -0.2) is 43.5 Å². The quantitative estimate of drug-likeness (QED) is 0.879. The van der Waals surface area contributed by atoms with Gasteiger partial charge in [-0.2, -0.15) is 5.26 Å². The Balaban J connectivity index is 1.46. The van der Waals surface area contributed by atoms with Gasteiger partial charge in [-0.1, -0.05) is 35.9 Å². The third-order valence-corrected chi connectivity index (χ3v) is 4.86. The van der Waals surface area contributed by atoms with Crippen molar-refractivity contribution < 1.29 is 4.79 Å². The Morgan fingerprint density at radius 1 is 1.08 bits per heavy atom. The zero-order valence-corrected chi connectivity index (χ0v) is 15.2. The van der Waals surface area contributed by atoms with Gasteiger partial charge in [0.15, 0.2) is 0 Å². The molecule has 1 amide bonds. The van der Waals surface area contributed by atoms with Crippen molar-refractivity contribution in [3.8, 4) is 6.07 Å². The molecule has 2 aromatic carbocycles. The van der Waals surface area contributed by atoms with Gasteiger partial charge in [-0.25, -0.2) is 0 Å². The Kier molecular flexibility index (Phi) is 6.11. The van der Waals surface area contributed by atoms with E-state index in [4.69, 9.17) is 16.9 Å². The lowest BCUT2D eigenvalue weighted by Gasteiger charge is -2.36. The van der Waals surface area contributed by atoms with Crippen LogP contribution in [0.2, 0.25) is 5.02 Å². The Bertz CT molecular complexity index is 809. The molecule has 6 heteroatoms. The van der Waals surface area contributed by atoms with Crippen LogP contribution in [0.25, 0.3) is 0 Å². The number of rotatable bonds is 5. The van der Waals surface area contributed by atoms with Gasteiger partial charge in [-0.05, 0) is 24.3 Å². The summed E-state index contributed by atoms with van der Waals surface area (Å²) in [5.74, 6) is -0.0683. The van der Waals surface area contributed by atoms with Gasteiger partial charge >= 0.3 is 0 Å². The highest BCUT2D eigenvalue weighted by Crippen LogP contribution is 2.26. The van der Waals surface area contributed by atoms with E-state index >= 15 is 0 Å². The predicted octanol–water partition coefficient (Wildman–Crippen LogP) is 3.36. The second kappa shape index (κ2) is 8.70. The first kappa shape index (κ1) is 18.2. The molecule has 1 aliphatic rings. The second-order valence-corrected chi connectivity index (χ2v) is 6.64. The van der Waals surface area contributed by atoms with Gasteiger partial charge in [0, 0.05) is 39.1 Å². The molecule has 2 aromatic rings. The van der Waals surface area contributed by atoms with Crippen LogP contribution in [0, 0.1) is 11.3 Å². The lowest BCUT2D eigenvalue weighted by Crippen LogP contribution is -2.47. The molecule has 26 heavy (non-hydrogen) atoms. The Hall–Kier alpha value is -2.55. The lowest BCUT2D eigenvalue weighted by molar-refractivity contribution is -0.116. The third-order valence-electron chi connectivity index (χ3n) is 4.54. The minimum Gasteiger partial charge on any atom is -0.368 e. The van der Waals surface area contributed by atoms with E-state index in [-0.39, 0.29) is 5.91 Å². The molecule has 1 N–H and O–H groups in total. The van der Waals surface area contributed by atoms with Crippen molar-refractivity contribution in [3.05, 3.63) is 59.1 Å². The molecule has 0 radical (unpaired) electrons. The number of nitriles is 1. The van der Waals surface area contributed by atoms with Crippen LogP contribution in [-0.2, 0) is 4.79 Å². The largest absolute Gasteiger partial charge is 0.368 e. The van der Waals surface area contributed by atoms with Crippen molar-refractivity contribution in [2.24, 2.45) is 0 Å². The highest BCUT2D eigenvalue weighted by atomic mass is 35.5. The van der Waals surface area contributed by atoms with Gasteiger partial charge in [0.25, 0.3) is 0 Å². The number of anilines is 2. The first-order chi connectivity index (χ1) is 12.7. The Labute approximate surface area is 158 Å². The van der Waals surface area contributed by atoms with Crippen LogP contribution < -0.4 is 10.2 Å². The van der Waals surface area contributed by atoms with Gasteiger partial charge in [0.1, 0.15) is 6.07 Å². The van der Waals surface area contributed by atoms with Crippen LogP contribution in [0.15, 0.2) is 48.5 Å². The number of hydrogen-bond acceptors (Lipinski definition) is 4. The summed E-state index contributed by atoms with van der Waals surface area (Å²) in [6.45, 7) is 4.28. The standard InChI is InChI=1S/C20H21ClN4O/c21-17-6-2-4-8-19(17)25-13-11-24(12-14-25)10-9-20(26)23-18-7-3-1-5-16(18)15-22/h1-8H,9-14H2,(H,23,26). The molecule has 134 valence electrons. The van der Waals surface area contributed by atoms with Gasteiger partial charge in [-0.3, -0.25) is 9.69 Å². The van der Waals surface area contributed by atoms with Crippen LogP contribution >= 0.6 is 11.6 Å². The summed E-state index contributed by atoms with van der Waals surface area (Å²) < 4.78 is 0. The molecule has 1 heterocycles. The number of nitrogens with zero attached hydrogens (tertiary/aromatic N) is 3. The van der Waals surface area contributed by atoms with Crippen molar-refractivity contribution in [2.75, 3.05) is 42.9 Å². The van der Waals surface area contributed by atoms with Gasteiger partial charge < -0.3 is 10.2 Å². The monoisotopic (exact) mass is 368 g/mol. The SMILES string of the molecule is N#Cc1ccccc1NC(=O)CCN1CCN(c2ccccc2Cl)CC1. The van der Waals surface area contributed by atoms with Crippen LogP contribution in [0.3, 0.4) is 0 Å². The van der Waals surface area contributed by atoms with E-state index < -0.39 is 0 Å². The minimum absolute atomic E-state index is 0.0683. The third kappa shape index (κ3) is 4.54. The molecule has 0 aliphatic carbocycles. The van der Waals surface area contributed by atoms with Gasteiger partial charge in [-0.15, -0.1) is 0 Å². The molecule has 5 nitrogen and oxygen atoms in total. The first-order valence-corrected chi connectivity index (χ1v) is 9.06. The molecular weight excluding hydrogens is 348 g/mol. The number of halogens is 1. The molecule has 1 fully saturated rings. The highest BCUT2D eigenvalue weighted by Gasteiger charge is 2.19. The minimum atomic E-state index is -0.0683. The smallest absolute Gasteiger partial charge is 0.225 e. The van der Waals surface area contributed by atoms with Crippen molar-refractivity contribution in [1.82, 2.24) is 4.90 Å². The molecule has 1 saturated heterocycles. The molecule has 3 rings (SSSR count). The number of carbonyl (C=O) groups is 1. The van der Waals surface area contributed by atoms with Crippen molar-refractivity contribution in [2.45, 2.75) is 6.42 Å². The molecular formula is C20H21ClN4O. The number of carbonyl (C=O) groups excluding carboxylic acids is 1. The molecule has 0 atom stereocenters.